The van der Waals surface area contributed by atoms with Crippen molar-refractivity contribution in [3.8, 4) is 33.8 Å². The van der Waals surface area contributed by atoms with Crippen LogP contribution in [0.15, 0.2) is 120 Å². The molecule has 0 amide bonds. The molecule has 8 rings (SSSR count). The normalized spacial score (nSPS) is 13.2. The first-order chi connectivity index (χ1) is 26.0. The van der Waals surface area contributed by atoms with E-state index in [0.29, 0.717) is 5.56 Å². The molecule has 52 heavy (non-hydrogen) atoms. The van der Waals surface area contributed by atoms with E-state index >= 15 is 0 Å². The monoisotopic (exact) mass is 926 g/mol. The number of imidazole rings is 1. The number of hydrogen-bond donors (Lipinski definition) is 0. The van der Waals surface area contributed by atoms with E-state index in [1.54, 1.807) is 12.1 Å². The number of hydrogen-bond acceptors (Lipinski definition) is 3. The topological polar surface area (TPSA) is 43.9 Å². The Labute approximate surface area is 329 Å². The third-order valence-electron chi connectivity index (χ3n) is 9.21. The van der Waals surface area contributed by atoms with E-state index < -0.39 is 26.0 Å². The predicted molar refractivity (Wildman–Crippen MR) is 217 cm³/mol. The van der Waals surface area contributed by atoms with Crippen molar-refractivity contribution in [1.29, 1.82) is 0 Å². The summed E-state index contributed by atoms with van der Waals surface area (Å²) in [6.07, 6.45) is 2.00. The molecule has 0 unspecified atom stereocenters. The first-order valence-electron chi connectivity index (χ1n) is 19.4. The summed E-state index contributed by atoms with van der Waals surface area (Å²) in [5, 5.41) is 2.00. The molecule has 1 radical (unpaired) electrons. The number of rotatable bonds is 6. The van der Waals surface area contributed by atoms with Gasteiger partial charge in [0.15, 0.2) is 0 Å². The number of aryl methyl sites for hydroxylation is 1. The minimum Gasteiger partial charge on any atom is -0.500 e. The Kier molecular flexibility index (Phi) is 9.56. The van der Waals surface area contributed by atoms with E-state index in [1.165, 1.54) is 4.40 Å². The van der Waals surface area contributed by atoms with Crippen molar-refractivity contribution in [2.45, 2.75) is 63.8 Å². The molecule has 0 N–H and O–H groups in total. The number of nitrogens with zero attached hydrogens (tertiary/aromatic N) is 3. The van der Waals surface area contributed by atoms with Crippen LogP contribution in [0.3, 0.4) is 0 Å². The maximum Gasteiger partial charge on any atom is 0.121 e. The molecule has 6 heteroatoms. The first-order valence-corrected chi connectivity index (χ1v) is 24.8. The number of pyridine rings is 1. The van der Waals surface area contributed by atoms with Gasteiger partial charge in [-0.1, -0.05) is 53.4 Å². The van der Waals surface area contributed by atoms with Gasteiger partial charge >= 0.3 is 120 Å². The van der Waals surface area contributed by atoms with Crippen molar-refractivity contribution in [2.24, 2.45) is 0 Å². The summed E-state index contributed by atoms with van der Waals surface area (Å²) < 4.78 is 40.9. The number of aromatic nitrogens is 3. The zero-order chi connectivity index (χ0) is 39.3. The van der Waals surface area contributed by atoms with E-state index in [9.17, 15) is 0 Å². The molecule has 0 saturated carbocycles. The molecule has 0 bridgehead atoms. The van der Waals surface area contributed by atoms with Crippen molar-refractivity contribution >= 4 is 50.6 Å². The van der Waals surface area contributed by atoms with Crippen LogP contribution in [-0.4, -0.2) is 27.8 Å². The van der Waals surface area contributed by atoms with Crippen LogP contribution in [0, 0.1) is 19.0 Å². The number of para-hydroxylation sites is 2. The second-order valence-corrected chi connectivity index (χ2v) is 25.1. The Morgan fingerprint density at radius 1 is 0.788 bits per heavy atom. The molecule has 0 aliphatic rings. The van der Waals surface area contributed by atoms with Crippen LogP contribution in [0.1, 0.15) is 56.2 Å². The van der Waals surface area contributed by atoms with Crippen LogP contribution < -0.4 is 4.40 Å². The summed E-state index contributed by atoms with van der Waals surface area (Å²) in [5.41, 5.74) is 9.86. The molecule has 265 valence electrons. The van der Waals surface area contributed by atoms with Gasteiger partial charge in [-0.2, -0.15) is 0 Å². The van der Waals surface area contributed by atoms with Crippen molar-refractivity contribution in [3.63, 3.8) is 0 Å². The fourth-order valence-corrected chi connectivity index (χ4v) is 9.94. The van der Waals surface area contributed by atoms with Gasteiger partial charge in [0.1, 0.15) is 5.58 Å². The van der Waals surface area contributed by atoms with E-state index in [-0.39, 0.29) is 26.1 Å². The maximum absolute atomic E-state index is 8.44. The number of benzene rings is 5. The molecule has 4 nitrogen and oxygen atoms in total. The summed E-state index contributed by atoms with van der Waals surface area (Å²) in [7, 11) is 0. The molecule has 5 aromatic carbocycles. The van der Waals surface area contributed by atoms with Crippen LogP contribution in [0.5, 0.6) is 0 Å². The van der Waals surface area contributed by atoms with Gasteiger partial charge in [-0.25, -0.2) is 0 Å². The second kappa shape index (κ2) is 15.4. The average molecular weight is 925 g/mol. The summed E-state index contributed by atoms with van der Waals surface area (Å²) in [5.74, 6) is 7.33. The summed E-state index contributed by atoms with van der Waals surface area (Å²) >= 11 is -2.03. The summed E-state index contributed by atoms with van der Waals surface area (Å²) in [6.45, 7) is 6.12. The molecule has 3 aromatic heterocycles. The summed E-state index contributed by atoms with van der Waals surface area (Å²) in [4.78, 5) is 9.55. The van der Waals surface area contributed by atoms with Gasteiger partial charge in [-0.3, -0.25) is 4.98 Å². The fourth-order valence-electron chi connectivity index (χ4n) is 6.62. The smallest absolute Gasteiger partial charge is 0.121 e. The van der Waals surface area contributed by atoms with Gasteiger partial charge in [0.2, 0.25) is 0 Å². The molecule has 0 fully saturated rings. The minimum atomic E-state index is -2.11. The van der Waals surface area contributed by atoms with Crippen LogP contribution in [0.4, 0.5) is 0 Å². The van der Waals surface area contributed by atoms with Crippen LogP contribution in [-0.2, 0) is 20.1 Å². The molecular weight excluding hydrogens is 875 g/mol. The Bertz CT molecular complexity index is 2640. The maximum atomic E-state index is 8.44. The molecule has 0 aliphatic carbocycles. The molecule has 0 saturated heterocycles. The van der Waals surface area contributed by atoms with Gasteiger partial charge in [-0.05, 0) is 56.1 Å². The van der Waals surface area contributed by atoms with E-state index in [0.717, 1.165) is 72.3 Å². The van der Waals surface area contributed by atoms with E-state index in [1.807, 2.05) is 92.8 Å². The fraction of sp³-hybridized carbons (Fsp3) is 0.217. The molecule has 0 atom stereocenters. The standard InChI is InChI=1S/C29H23N2O.C17H22GeN.Ir/c1-18(2)31-26-7-5-4-6-25(26)30-29(31)22-13-15-28-24(17-22)23-16-21(12-14-27(23)32-28)20-10-8-19(3)9-11-20;1-13(2)15-11-17(14-9-7-6-8-10-14)19-12-16(15)18(3,4)5;/h4-12,14-18H,1-3H3;6-9,11-13H,1-5H3;/q2*-1;/i3D3;13D;. The molecule has 0 spiro atoms. The second-order valence-electron chi connectivity index (χ2n) is 14.5. The number of fused-ring (bicyclic) bond motifs is 4. The minimum absolute atomic E-state index is 0. The van der Waals surface area contributed by atoms with Gasteiger partial charge < -0.3 is 8.98 Å². The predicted octanol–water partition coefficient (Wildman–Crippen LogP) is 12.2. The largest absolute Gasteiger partial charge is 0.500 e. The van der Waals surface area contributed by atoms with E-state index in [4.69, 9.17) is 14.9 Å². The third-order valence-corrected chi connectivity index (χ3v) is 13.4. The average Bonchev–Trinajstić information content (AvgIpc) is 3.72. The van der Waals surface area contributed by atoms with Gasteiger partial charge in [0.25, 0.3) is 0 Å². The molecular formula is C46H45GeIrN3O-2. The zero-order valence-electron chi connectivity index (χ0n) is 34.6. The van der Waals surface area contributed by atoms with Crippen LogP contribution >= 0.6 is 0 Å². The Morgan fingerprint density at radius 2 is 1.52 bits per heavy atom. The molecule has 8 aromatic rings. The van der Waals surface area contributed by atoms with Crippen LogP contribution in [0.2, 0.25) is 17.3 Å². The Balaban J connectivity index is 0.000000217. The van der Waals surface area contributed by atoms with Crippen molar-refractivity contribution < 1.29 is 30.0 Å². The zero-order valence-corrected chi connectivity index (χ0v) is 35.1. The summed E-state index contributed by atoms with van der Waals surface area (Å²) in [6, 6.07) is 42.1. The van der Waals surface area contributed by atoms with Crippen molar-refractivity contribution in [1.82, 2.24) is 14.5 Å². The van der Waals surface area contributed by atoms with Gasteiger partial charge in [-0.15, -0.1) is 23.8 Å². The van der Waals surface area contributed by atoms with Crippen LogP contribution in [0.25, 0.3) is 66.7 Å². The van der Waals surface area contributed by atoms with Gasteiger partial charge in [0.05, 0.1) is 22.4 Å². The SMILES string of the molecule is [2H]C(C)(C)c1cc(-c2[c-]cccc2)nc[c]1[Ge]([CH3])([CH3])[CH3].[2H]C([2H])([2H])c1ccc(-c2ccc3oc4c[c-]c(-c5nc6ccccc6n5C(C)C)cc4c3c2)cc1.[Ir]. The number of furan rings is 1. The molecule has 0 aliphatic heterocycles. The van der Waals surface area contributed by atoms with E-state index in [2.05, 4.69) is 77.1 Å². The van der Waals surface area contributed by atoms with Crippen molar-refractivity contribution in [2.75, 3.05) is 0 Å². The Morgan fingerprint density at radius 3 is 2.21 bits per heavy atom. The first kappa shape index (κ1) is 32.4. The van der Waals surface area contributed by atoms with Crippen molar-refractivity contribution in [3.05, 3.63) is 139 Å². The third kappa shape index (κ3) is 7.59. The molecule has 3 heterocycles. The Hall–Kier alpha value is -4.29. The quantitative estimate of drug-likeness (QED) is 0.123. The van der Waals surface area contributed by atoms with Gasteiger partial charge in [0, 0.05) is 35.6 Å².